The van der Waals surface area contributed by atoms with Crippen LogP contribution in [0.2, 0.25) is 0 Å². The molecule has 0 aromatic rings. The number of carbonyl (C=O) groups is 1. The van der Waals surface area contributed by atoms with Crippen LogP contribution in [0.1, 0.15) is 25.7 Å². The Bertz CT molecular complexity index is 370. The Morgan fingerprint density at radius 1 is 1.18 bits per heavy atom. The van der Waals surface area contributed by atoms with E-state index in [2.05, 4.69) is 17.3 Å². The number of amides is 2. The Morgan fingerprint density at radius 3 is 2.64 bits per heavy atom. The Kier molecular flexibility index (Phi) is 5.55. The van der Waals surface area contributed by atoms with Crippen molar-refractivity contribution in [1.29, 1.82) is 0 Å². The Morgan fingerprint density at radius 2 is 1.95 bits per heavy atom. The highest BCUT2D eigenvalue weighted by atomic mass is 16.5. The Hall–Kier alpha value is -0.850. The van der Waals surface area contributed by atoms with Crippen LogP contribution in [0.5, 0.6) is 0 Å². The molecule has 2 aliphatic heterocycles. The number of likely N-dealkylation sites (N-methyl/N-ethyl adjacent to an activating group) is 1. The smallest absolute Gasteiger partial charge is 0.317 e. The van der Waals surface area contributed by atoms with Crippen LogP contribution in [-0.2, 0) is 9.47 Å². The summed E-state index contributed by atoms with van der Waals surface area (Å²) in [4.78, 5) is 16.9. The molecule has 1 atom stereocenters. The van der Waals surface area contributed by atoms with E-state index in [-0.39, 0.29) is 18.2 Å². The van der Waals surface area contributed by atoms with Gasteiger partial charge in [-0.1, -0.05) is 0 Å². The average molecular weight is 311 g/mol. The molecule has 0 aromatic carbocycles. The molecule has 2 saturated heterocycles. The molecule has 1 aliphatic carbocycles. The first kappa shape index (κ1) is 16.0. The zero-order valence-corrected chi connectivity index (χ0v) is 13.6. The molecule has 1 N–H and O–H groups in total. The first-order valence-corrected chi connectivity index (χ1v) is 8.64. The number of rotatable bonds is 5. The van der Waals surface area contributed by atoms with Gasteiger partial charge in [-0.15, -0.1) is 0 Å². The molecule has 2 amide bonds. The molecule has 3 fully saturated rings. The zero-order valence-electron chi connectivity index (χ0n) is 13.6. The largest absolute Gasteiger partial charge is 0.381 e. The predicted octanol–water partition coefficient (Wildman–Crippen LogP) is 0.918. The number of hydrogen-bond acceptors (Lipinski definition) is 4. The summed E-state index contributed by atoms with van der Waals surface area (Å²) in [5, 5.41) is 3.19. The van der Waals surface area contributed by atoms with Crippen molar-refractivity contribution in [3.05, 3.63) is 0 Å². The van der Waals surface area contributed by atoms with E-state index in [0.29, 0.717) is 12.5 Å². The lowest BCUT2D eigenvalue weighted by atomic mass is 10.1. The van der Waals surface area contributed by atoms with Crippen molar-refractivity contribution >= 4 is 6.03 Å². The number of urea groups is 1. The maximum absolute atomic E-state index is 12.6. The van der Waals surface area contributed by atoms with Crippen LogP contribution >= 0.6 is 0 Å². The number of ether oxygens (including phenoxy) is 2. The molecule has 22 heavy (non-hydrogen) atoms. The van der Waals surface area contributed by atoms with Gasteiger partial charge < -0.3 is 24.6 Å². The molecule has 3 rings (SSSR count). The molecule has 2 heterocycles. The third-order valence-electron chi connectivity index (χ3n) is 4.78. The van der Waals surface area contributed by atoms with E-state index in [4.69, 9.17) is 9.47 Å². The molecular formula is C16H29N3O3. The minimum atomic E-state index is 0.0793. The van der Waals surface area contributed by atoms with Crippen molar-refractivity contribution in [2.24, 2.45) is 5.92 Å². The quantitative estimate of drug-likeness (QED) is 0.820. The summed E-state index contributed by atoms with van der Waals surface area (Å²) >= 11 is 0. The third-order valence-corrected chi connectivity index (χ3v) is 4.78. The molecule has 0 unspecified atom stereocenters. The minimum Gasteiger partial charge on any atom is -0.381 e. The number of nitrogens with one attached hydrogen (secondary N) is 1. The molecule has 0 aromatic heterocycles. The summed E-state index contributed by atoms with van der Waals surface area (Å²) in [7, 11) is 2.11. The van der Waals surface area contributed by atoms with Crippen molar-refractivity contribution in [3.63, 3.8) is 0 Å². The van der Waals surface area contributed by atoms with Crippen LogP contribution in [0.4, 0.5) is 4.79 Å². The molecule has 6 heteroatoms. The summed E-state index contributed by atoms with van der Waals surface area (Å²) in [6, 6.07) is 0.341. The summed E-state index contributed by atoms with van der Waals surface area (Å²) in [6.07, 6.45) is 4.49. The van der Waals surface area contributed by atoms with Crippen LogP contribution in [0.15, 0.2) is 0 Å². The van der Waals surface area contributed by atoms with Gasteiger partial charge in [-0.05, 0) is 38.6 Å². The first-order chi connectivity index (χ1) is 10.7. The van der Waals surface area contributed by atoms with Gasteiger partial charge in [0, 0.05) is 45.4 Å². The number of nitrogens with zero attached hydrogens (tertiary/aromatic N) is 2. The van der Waals surface area contributed by atoms with Crippen molar-refractivity contribution < 1.29 is 14.3 Å². The Balaban J connectivity index is 1.52. The second kappa shape index (κ2) is 7.62. The summed E-state index contributed by atoms with van der Waals surface area (Å²) in [6.45, 7) is 5.74. The molecule has 6 nitrogen and oxygen atoms in total. The lowest BCUT2D eigenvalue weighted by Gasteiger charge is -2.35. The molecule has 0 radical (unpaired) electrons. The molecule has 0 bridgehead atoms. The van der Waals surface area contributed by atoms with E-state index in [0.717, 1.165) is 52.3 Å². The van der Waals surface area contributed by atoms with Crippen LogP contribution in [0.25, 0.3) is 0 Å². The molecule has 126 valence electrons. The van der Waals surface area contributed by atoms with Gasteiger partial charge in [-0.25, -0.2) is 4.79 Å². The highest BCUT2D eigenvalue weighted by Gasteiger charge is 2.30. The van der Waals surface area contributed by atoms with Crippen LogP contribution in [0, 0.1) is 5.92 Å². The highest BCUT2D eigenvalue weighted by molar-refractivity contribution is 5.74. The summed E-state index contributed by atoms with van der Waals surface area (Å²) in [5.74, 6) is 0.696. The predicted molar refractivity (Wildman–Crippen MR) is 83.9 cm³/mol. The van der Waals surface area contributed by atoms with E-state index in [1.54, 1.807) is 0 Å². The molecular weight excluding hydrogens is 282 g/mol. The minimum absolute atomic E-state index is 0.0793. The van der Waals surface area contributed by atoms with Gasteiger partial charge in [-0.3, -0.25) is 0 Å². The van der Waals surface area contributed by atoms with E-state index in [1.807, 2.05) is 4.90 Å². The van der Waals surface area contributed by atoms with Gasteiger partial charge in [0.2, 0.25) is 0 Å². The van der Waals surface area contributed by atoms with Crippen molar-refractivity contribution in [1.82, 2.24) is 15.1 Å². The lowest BCUT2D eigenvalue weighted by Crippen LogP contribution is -2.52. The highest BCUT2D eigenvalue weighted by Crippen LogP contribution is 2.30. The van der Waals surface area contributed by atoms with Gasteiger partial charge in [0.1, 0.15) is 0 Å². The standard InChI is InChI=1S/C16H29N3O3/c1-18-6-9-22-15(11-18)12-19(10-13-2-3-13)16(20)17-14-4-7-21-8-5-14/h13-15H,2-12H2,1H3,(H,17,20)/t15-/m1/s1. The second-order valence-electron chi connectivity index (χ2n) is 6.94. The maximum atomic E-state index is 12.6. The second-order valence-corrected chi connectivity index (χ2v) is 6.94. The number of hydrogen-bond donors (Lipinski definition) is 1. The van der Waals surface area contributed by atoms with E-state index >= 15 is 0 Å². The molecule has 1 saturated carbocycles. The van der Waals surface area contributed by atoms with Crippen LogP contribution < -0.4 is 5.32 Å². The van der Waals surface area contributed by atoms with Crippen molar-refractivity contribution in [2.45, 2.75) is 37.8 Å². The SMILES string of the molecule is CN1CCO[C@@H](CN(CC2CC2)C(=O)NC2CCOCC2)C1. The zero-order chi connectivity index (χ0) is 15.4. The third kappa shape index (κ3) is 4.83. The van der Waals surface area contributed by atoms with E-state index in [9.17, 15) is 4.79 Å². The topological polar surface area (TPSA) is 54.0 Å². The monoisotopic (exact) mass is 311 g/mol. The summed E-state index contributed by atoms with van der Waals surface area (Å²) < 4.78 is 11.2. The Labute approximate surface area is 133 Å². The van der Waals surface area contributed by atoms with Crippen LogP contribution in [-0.4, -0.2) is 81.0 Å². The van der Waals surface area contributed by atoms with E-state index in [1.165, 1.54) is 12.8 Å². The van der Waals surface area contributed by atoms with Gasteiger partial charge in [0.05, 0.1) is 12.7 Å². The lowest BCUT2D eigenvalue weighted by molar-refractivity contribution is -0.0311. The van der Waals surface area contributed by atoms with Gasteiger partial charge in [0.25, 0.3) is 0 Å². The molecule has 0 spiro atoms. The summed E-state index contributed by atoms with van der Waals surface area (Å²) in [5.41, 5.74) is 0. The fraction of sp³-hybridized carbons (Fsp3) is 0.938. The number of carbonyl (C=O) groups excluding carboxylic acids is 1. The average Bonchev–Trinajstić information content (AvgIpc) is 3.32. The fourth-order valence-electron chi connectivity index (χ4n) is 3.18. The first-order valence-electron chi connectivity index (χ1n) is 8.64. The van der Waals surface area contributed by atoms with Crippen LogP contribution in [0.3, 0.4) is 0 Å². The van der Waals surface area contributed by atoms with E-state index < -0.39 is 0 Å². The van der Waals surface area contributed by atoms with Gasteiger partial charge >= 0.3 is 6.03 Å². The van der Waals surface area contributed by atoms with Crippen molar-refractivity contribution in [2.75, 3.05) is 53.0 Å². The normalized spacial score (nSPS) is 27.6. The fourth-order valence-corrected chi connectivity index (χ4v) is 3.18. The van der Waals surface area contributed by atoms with Crippen molar-refractivity contribution in [3.8, 4) is 0 Å². The number of morpholine rings is 1. The van der Waals surface area contributed by atoms with Gasteiger partial charge in [0.15, 0.2) is 0 Å². The maximum Gasteiger partial charge on any atom is 0.317 e. The molecule has 3 aliphatic rings. The van der Waals surface area contributed by atoms with Gasteiger partial charge in [-0.2, -0.15) is 0 Å².